The first-order valence-electron chi connectivity index (χ1n) is 8.32. The number of phenolic OH excluding ortho intramolecular Hbond substituents is 1. The second-order valence-corrected chi connectivity index (χ2v) is 8.26. The molecule has 4 N–H and O–H groups in total. The van der Waals surface area contributed by atoms with Crippen LogP contribution in [0, 0.1) is 6.92 Å². The number of fused-ring (bicyclic) bond motifs is 1. The van der Waals surface area contributed by atoms with Gasteiger partial charge >= 0.3 is 0 Å². The van der Waals surface area contributed by atoms with Crippen molar-refractivity contribution in [1.82, 2.24) is 15.3 Å². The lowest BCUT2D eigenvalue weighted by molar-refractivity contribution is 0.412. The van der Waals surface area contributed by atoms with Crippen LogP contribution in [0.4, 0.5) is 11.6 Å². The summed E-state index contributed by atoms with van der Waals surface area (Å²) in [4.78, 5) is 7.58. The molecular weight excluding hydrogens is 371 g/mol. The van der Waals surface area contributed by atoms with E-state index in [1.807, 2.05) is 19.1 Å². The minimum Gasteiger partial charge on any atom is -0.505 e. The van der Waals surface area contributed by atoms with Gasteiger partial charge in [0.2, 0.25) is 5.95 Å². The maximum atomic E-state index is 10.7. The van der Waals surface area contributed by atoms with E-state index in [4.69, 9.17) is 23.2 Å². The fraction of sp³-hybridized carbons (Fsp3) is 0.316. The van der Waals surface area contributed by atoms with Crippen molar-refractivity contribution < 1.29 is 5.11 Å². The highest BCUT2D eigenvalue weighted by Crippen LogP contribution is 2.33. The van der Waals surface area contributed by atoms with Gasteiger partial charge < -0.3 is 20.7 Å². The fourth-order valence-electron chi connectivity index (χ4n) is 2.67. The van der Waals surface area contributed by atoms with E-state index in [1.54, 1.807) is 12.1 Å². The van der Waals surface area contributed by atoms with E-state index in [0.717, 1.165) is 16.6 Å². The summed E-state index contributed by atoms with van der Waals surface area (Å²) in [5.74, 6) is 0.678. The quantitative estimate of drug-likeness (QED) is 0.441. The minimum atomic E-state index is -0.0431. The van der Waals surface area contributed by atoms with Gasteiger partial charge in [0.05, 0.1) is 16.2 Å². The number of nitrogens with zero attached hydrogens (tertiary/aromatic N) is 1. The average molecular weight is 393 g/mol. The third kappa shape index (κ3) is 4.23. The zero-order chi connectivity index (χ0) is 19.1. The van der Waals surface area contributed by atoms with Crippen molar-refractivity contribution in [2.75, 3.05) is 5.32 Å². The molecule has 1 aromatic heterocycles. The van der Waals surface area contributed by atoms with E-state index >= 15 is 0 Å². The lowest BCUT2D eigenvalue weighted by Crippen LogP contribution is -2.35. The Morgan fingerprint density at radius 3 is 2.58 bits per heavy atom. The van der Waals surface area contributed by atoms with E-state index in [2.05, 4.69) is 41.4 Å². The number of H-pyrrole nitrogens is 1. The molecule has 3 rings (SSSR count). The number of rotatable bonds is 4. The summed E-state index contributed by atoms with van der Waals surface area (Å²) in [6.07, 6.45) is 0. The number of anilines is 2. The summed E-state index contributed by atoms with van der Waals surface area (Å²) in [7, 11) is 0. The highest BCUT2D eigenvalue weighted by molar-refractivity contribution is 6.38. The van der Waals surface area contributed by atoms with Crippen LogP contribution in [0.1, 0.15) is 31.9 Å². The predicted molar refractivity (Wildman–Crippen MR) is 109 cm³/mol. The Morgan fingerprint density at radius 1 is 1.15 bits per heavy atom. The molecule has 26 heavy (non-hydrogen) atoms. The van der Waals surface area contributed by atoms with Gasteiger partial charge in [0.15, 0.2) is 0 Å². The van der Waals surface area contributed by atoms with Crippen LogP contribution in [0.2, 0.25) is 10.0 Å². The Kier molecular flexibility index (Phi) is 5.06. The number of aromatic amines is 1. The van der Waals surface area contributed by atoms with Crippen LogP contribution in [0.25, 0.3) is 11.0 Å². The number of hydrogen-bond donors (Lipinski definition) is 4. The molecule has 0 saturated carbocycles. The highest BCUT2D eigenvalue weighted by Gasteiger charge is 2.15. The van der Waals surface area contributed by atoms with Gasteiger partial charge in [0, 0.05) is 22.7 Å². The van der Waals surface area contributed by atoms with E-state index in [9.17, 15) is 5.11 Å². The summed E-state index contributed by atoms with van der Waals surface area (Å²) in [6.45, 7) is 8.81. The molecule has 0 amide bonds. The third-order valence-corrected chi connectivity index (χ3v) is 4.41. The predicted octanol–water partition coefficient (Wildman–Crippen LogP) is 5.52. The average Bonchev–Trinajstić information content (AvgIpc) is 2.91. The van der Waals surface area contributed by atoms with Crippen molar-refractivity contribution in [3.05, 3.63) is 45.4 Å². The number of halogens is 2. The number of aryl methyl sites for hydroxylation is 1. The maximum Gasteiger partial charge on any atom is 0.205 e. The number of imidazole rings is 1. The second kappa shape index (κ2) is 6.99. The zero-order valence-corrected chi connectivity index (χ0v) is 16.7. The first-order valence-corrected chi connectivity index (χ1v) is 9.07. The largest absolute Gasteiger partial charge is 0.505 e. The molecule has 0 aliphatic heterocycles. The first kappa shape index (κ1) is 18.8. The Labute approximate surface area is 162 Å². The van der Waals surface area contributed by atoms with Crippen molar-refractivity contribution in [3.63, 3.8) is 0 Å². The van der Waals surface area contributed by atoms with Gasteiger partial charge in [-0.25, -0.2) is 4.98 Å². The second-order valence-electron chi connectivity index (χ2n) is 7.42. The number of benzene rings is 2. The maximum absolute atomic E-state index is 10.7. The molecule has 0 radical (unpaired) electrons. The van der Waals surface area contributed by atoms with Gasteiger partial charge in [-0.2, -0.15) is 0 Å². The minimum absolute atomic E-state index is 0.0431. The summed E-state index contributed by atoms with van der Waals surface area (Å²) in [6, 6.07) is 7.25. The SMILES string of the molecule is Cc1cc(CNC(C)(C)C)c(O)c(Nc2nc3c(Cl)cc(Cl)cc3[nH]2)c1. The first-order chi connectivity index (χ1) is 12.1. The molecule has 0 unspecified atom stereocenters. The van der Waals surface area contributed by atoms with Crippen LogP contribution >= 0.6 is 23.2 Å². The van der Waals surface area contributed by atoms with Crippen LogP contribution in [0.15, 0.2) is 24.3 Å². The summed E-state index contributed by atoms with van der Waals surface area (Å²) in [5, 5.41) is 18.2. The number of phenols is 1. The van der Waals surface area contributed by atoms with Crippen molar-refractivity contribution in [2.24, 2.45) is 0 Å². The normalized spacial score (nSPS) is 11.9. The van der Waals surface area contributed by atoms with Crippen LogP contribution in [-0.2, 0) is 6.54 Å². The molecule has 3 aromatic rings. The monoisotopic (exact) mass is 392 g/mol. The van der Waals surface area contributed by atoms with Gasteiger partial charge in [-0.15, -0.1) is 0 Å². The summed E-state index contributed by atoms with van der Waals surface area (Å²) < 4.78 is 0. The van der Waals surface area contributed by atoms with Gasteiger partial charge in [-0.3, -0.25) is 0 Å². The van der Waals surface area contributed by atoms with Gasteiger partial charge in [0.1, 0.15) is 11.3 Å². The van der Waals surface area contributed by atoms with E-state index in [0.29, 0.717) is 33.7 Å². The summed E-state index contributed by atoms with van der Waals surface area (Å²) >= 11 is 12.2. The molecule has 138 valence electrons. The van der Waals surface area contributed by atoms with Crippen LogP contribution in [0.3, 0.4) is 0 Å². The van der Waals surface area contributed by atoms with E-state index < -0.39 is 0 Å². The van der Waals surface area contributed by atoms with Crippen molar-refractivity contribution in [2.45, 2.75) is 39.8 Å². The standard InChI is InChI=1S/C19H22Cl2N4O/c1-10-5-11(9-22-19(2,3)4)17(26)15(6-10)24-18-23-14-8-12(20)7-13(21)16(14)25-18/h5-8,22,26H,9H2,1-4H3,(H2,23,24,25). The molecule has 0 saturated heterocycles. The topological polar surface area (TPSA) is 73.0 Å². The number of nitrogens with one attached hydrogen (secondary N) is 3. The zero-order valence-electron chi connectivity index (χ0n) is 15.2. The Morgan fingerprint density at radius 2 is 1.88 bits per heavy atom. The fourth-order valence-corrected chi connectivity index (χ4v) is 3.21. The van der Waals surface area contributed by atoms with Gasteiger partial charge in [0.25, 0.3) is 0 Å². The molecule has 0 atom stereocenters. The van der Waals surface area contributed by atoms with Crippen LogP contribution in [0.5, 0.6) is 5.75 Å². The highest BCUT2D eigenvalue weighted by atomic mass is 35.5. The molecule has 0 aliphatic carbocycles. The van der Waals surface area contributed by atoms with Crippen molar-refractivity contribution >= 4 is 45.9 Å². The molecule has 0 fully saturated rings. The smallest absolute Gasteiger partial charge is 0.205 e. The number of aromatic hydroxyl groups is 1. The summed E-state index contributed by atoms with van der Waals surface area (Å²) in [5.41, 5.74) is 3.75. The Hall–Kier alpha value is -1.95. The molecule has 2 aromatic carbocycles. The lowest BCUT2D eigenvalue weighted by Gasteiger charge is -2.21. The van der Waals surface area contributed by atoms with E-state index in [-0.39, 0.29) is 11.3 Å². The third-order valence-electron chi connectivity index (χ3n) is 3.90. The number of aromatic nitrogens is 2. The van der Waals surface area contributed by atoms with Gasteiger partial charge in [-0.1, -0.05) is 29.3 Å². The Bertz CT molecular complexity index is 960. The van der Waals surface area contributed by atoms with Crippen LogP contribution in [-0.4, -0.2) is 20.6 Å². The van der Waals surface area contributed by atoms with E-state index in [1.165, 1.54) is 0 Å². The molecule has 5 nitrogen and oxygen atoms in total. The van der Waals surface area contributed by atoms with Crippen molar-refractivity contribution in [3.8, 4) is 5.75 Å². The van der Waals surface area contributed by atoms with Crippen LogP contribution < -0.4 is 10.6 Å². The lowest BCUT2D eigenvalue weighted by atomic mass is 10.1. The Balaban J connectivity index is 1.92. The molecule has 0 bridgehead atoms. The molecule has 1 heterocycles. The molecular formula is C19H22Cl2N4O. The molecule has 0 spiro atoms. The number of hydrogen-bond acceptors (Lipinski definition) is 4. The van der Waals surface area contributed by atoms with Gasteiger partial charge in [-0.05, 0) is 51.5 Å². The molecule has 0 aliphatic rings. The molecule has 7 heteroatoms. The van der Waals surface area contributed by atoms with Crippen molar-refractivity contribution in [1.29, 1.82) is 0 Å².